The normalized spacial score (nSPS) is 10.9. The molecule has 2 amide bonds. The van der Waals surface area contributed by atoms with Crippen LogP contribution in [-0.2, 0) is 6.54 Å². The van der Waals surface area contributed by atoms with Crippen LogP contribution in [0.25, 0.3) is 5.52 Å². The number of hydrogen-bond donors (Lipinski definition) is 2. The van der Waals surface area contributed by atoms with E-state index in [-0.39, 0.29) is 6.03 Å². The van der Waals surface area contributed by atoms with Gasteiger partial charge in [0.15, 0.2) is 0 Å². The average Bonchev–Trinajstić information content (AvgIpc) is 2.96. The van der Waals surface area contributed by atoms with E-state index >= 15 is 0 Å². The fraction of sp³-hybridized carbons (Fsp3) is 0.222. The quantitative estimate of drug-likeness (QED) is 0.770. The van der Waals surface area contributed by atoms with Crippen molar-refractivity contribution in [2.75, 3.05) is 5.32 Å². The van der Waals surface area contributed by atoms with Gasteiger partial charge in [0, 0.05) is 24.0 Å². The molecule has 0 saturated carbocycles. The summed E-state index contributed by atoms with van der Waals surface area (Å²) < 4.78 is 1.79. The second-order valence-electron chi connectivity index (χ2n) is 5.75. The molecule has 0 aliphatic carbocycles. The lowest BCUT2D eigenvalue weighted by atomic mass is 10.0. The molecule has 2 heterocycles. The molecule has 0 bridgehead atoms. The topological polar surface area (TPSA) is 58.4 Å². The smallest absolute Gasteiger partial charge is 0.319 e. The summed E-state index contributed by atoms with van der Waals surface area (Å²) in [6.07, 6.45) is 3.66. The fourth-order valence-electron chi connectivity index (χ4n) is 2.58. The molecule has 3 aromatic rings. The summed E-state index contributed by atoms with van der Waals surface area (Å²) in [6, 6.07) is 13.5. The highest BCUT2D eigenvalue weighted by Gasteiger charge is 2.10. The Balaban J connectivity index is 1.66. The zero-order valence-electron chi connectivity index (χ0n) is 13.3. The first-order valence-corrected chi connectivity index (χ1v) is 7.70. The highest BCUT2D eigenvalue weighted by atomic mass is 16.2. The zero-order chi connectivity index (χ0) is 16.2. The Bertz CT molecular complexity index is 823. The summed E-state index contributed by atoms with van der Waals surface area (Å²) in [4.78, 5) is 12.2. The van der Waals surface area contributed by atoms with Crippen LogP contribution in [0.15, 0.2) is 54.9 Å². The predicted molar refractivity (Wildman–Crippen MR) is 91.6 cm³/mol. The largest absolute Gasteiger partial charge is 0.334 e. The van der Waals surface area contributed by atoms with Gasteiger partial charge in [0.05, 0.1) is 11.7 Å². The molecule has 0 spiro atoms. The summed E-state index contributed by atoms with van der Waals surface area (Å²) >= 11 is 0. The number of hydrogen-bond acceptors (Lipinski definition) is 2. The zero-order valence-corrected chi connectivity index (χ0v) is 13.3. The van der Waals surface area contributed by atoms with E-state index in [1.807, 2.05) is 48.7 Å². The van der Waals surface area contributed by atoms with Crippen molar-refractivity contribution < 1.29 is 4.79 Å². The van der Waals surface area contributed by atoms with Crippen LogP contribution in [0.4, 0.5) is 10.5 Å². The number of amides is 2. The van der Waals surface area contributed by atoms with E-state index in [9.17, 15) is 4.79 Å². The maximum absolute atomic E-state index is 12.2. The van der Waals surface area contributed by atoms with Gasteiger partial charge in [-0.3, -0.25) is 0 Å². The molecule has 5 heteroatoms. The van der Waals surface area contributed by atoms with Crippen molar-refractivity contribution >= 4 is 17.2 Å². The molecular weight excluding hydrogens is 288 g/mol. The van der Waals surface area contributed by atoms with E-state index < -0.39 is 0 Å². The Hall–Kier alpha value is -2.82. The van der Waals surface area contributed by atoms with Crippen molar-refractivity contribution in [2.45, 2.75) is 26.3 Å². The van der Waals surface area contributed by atoms with Gasteiger partial charge in [0.1, 0.15) is 0 Å². The third kappa shape index (κ3) is 3.34. The van der Waals surface area contributed by atoms with Gasteiger partial charge in [-0.25, -0.2) is 9.31 Å². The lowest BCUT2D eigenvalue weighted by Crippen LogP contribution is -2.28. The van der Waals surface area contributed by atoms with E-state index in [0.29, 0.717) is 12.5 Å². The van der Waals surface area contributed by atoms with Crippen molar-refractivity contribution in [3.63, 3.8) is 0 Å². The van der Waals surface area contributed by atoms with Crippen LogP contribution in [0.2, 0.25) is 0 Å². The monoisotopic (exact) mass is 308 g/mol. The molecule has 3 rings (SSSR count). The minimum absolute atomic E-state index is 0.214. The number of rotatable bonds is 4. The highest BCUT2D eigenvalue weighted by molar-refractivity contribution is 5.90. The van der Waals surface area contributed by atoms with E-state index in [1.54, 1.807) is 10.7 Å². The molecular formula is C18H20N4O. The first-order valence-electron chi connectivity index (χ1n) is 7.70. The Morgan fingerprint density at radius 1 is 1.17 bits per heavy atom. The maximum Gasteiger partial charge on any atom is 0.319 e. The third-order valence-electron chi connectivity index (χ3n) is 3.78. The van der Waals surface area contributed by atoms with Gasteiger partial charge < -0.3 is 10.6 Å². The number of benzene rings is 1. The number of para-hydroxylation sites is 1. The third-order valence-corrected chi connectivity index (χ3v) is 3.78. The number of anilines is 1. The van der Waals surface area contributed by atoms with Crippen LogP contribution in [0, 0.1) is 0 Å². The van der Waals surface area contributed by atoms with E-state index in [0.717, 1.165) is 22.3 Å². The summed E-state index contributed by atoms with van der Waals surface area (Å²) in [5.41, 5.74) is 3.95. The Kier molecular flexibility index (Phi) is 4.28. The summed E-state index contributed by atoms with van der Waals surface area (Å²) in [7, 11) is 0. The minimum Gasteiger partial charge on any atom is -0.334 e. The molecule has 0 aliphatic heterocycles. The summed E-state index contributed by atoms with van der Waals surface area (Å²) in [5, 5.41) is 10.1. The van der Waals surface area contributed by atoms with Crippen molar-refractivity contribution in [1.82, 2.24) is 14.9 Å². The van der Waals surface area contributed by atoms with Crippen molar-refractivity contribution in [3.8, 4) is 0 Å². The molecule has 5 nitrogen and oxygen atoms in total. The van der Waals surface area contributed by atoms with Gasteiger partial charge in [0.2, 0.25) is 0 Å². The standard InChI is InChI=1S/C18H20N4O/c1-13(2)15-7-3-4-8-16(15)21-18(23)19-11-14-12-20-22-10-6-5-9-17(14)22/h3-10,12-13H,11H2,1-2H3,(H2,19,21,23). The van der Waals surface area contributed by atoms with Gasteiger partial charge >= 0.3 is 6.03 Å². The van der Waals surface area contributed by atoms with Crippen LogP contribution < -0.4 is 10.6 Å². The van der Waals surface area contributed by atoms with Crippen molar-refractivity contribution in [3.05, 3.63) is 66.0 Å². The van der Waals surface area contributed by atoms with Crippen LogP contribution in [0.3, 0.4) is 0 Å². The van der Waals surface area contributed by atoms with Crippen molar-refractivity contribution in [2.24, 2.45) is 0 Å². The first-order chi connectivity index (χ1) is 11.1. The summed E-state index contributed by atoms with van der Waals surface area (Å²) in [6.45, 7) is 4.65. The van der Waals surface area contributed by atoms with Crippen LogP contribution in [0.5, 0.6) is 0 Å². The van der Waals surface area contributed by atoms with Crippen molar-refractivity contribution in [1.29, 1.82) is 0 Å². The van der Waals surface area contributed by atoms with Crippen LogP contribution in [0.1, 0.15) is 30.9 Å². The molecule has 0 saturated heterocycles. The molecule has 0 unspecified atom stereocenters. The van der Waals surface area contributed by atoms with Gasteiger partial charge in [-0.05, 0) is 29.7 Å². The number of aromatic nitrogens is 2. The Labute approximate surface area is 135 Å². The number of nitrogens with zero attached hydrogens (tertiary/aromatic N) is 2. The van der Waals surface area contributed by atoms with Gasteiger partial charge in [-0.1, -0.05) is 38.1 Å². The second-order valence-corrected chi connectivity index (χ2v) is 5.75. The van der Waals surface area contributed by atoms with E-state index in [4.69, 9.17) is 0 Å². The Morgan fingerprint density at radius 2 is 1.96 bits per heavy atom. The molecule has 23 heavy (non-hydrogen) atoms. The first kappa shape index (κ1) is 15.1. The Morgan fingerprint density at radius 3 is 2.78 bits per heavy atom. The van der Waals surface area contributed by atoms with Gasteiger partial charge in [0.25, 0.3) is 0 Å². The fourth-order valence-corrected chi connectivity index (χ4v) is 2.58. The summed E-state index contributed by atoms with van der Waals surface area (Å²) in [5.74, 6) is 0.353. The molecule has 0 radical (unpaired) electrons. The second kappa shape index (κ2) is 6.52. The van der Waals surface area contributed by atoms with Gasteiger partial charge in [-0.2, -0.15) is 5.10 Å². The number of carbonyl (C=O) groups is 1. The van der Waals surface area contributed by atoms with E-state index in [2.05, 4.69) is 29.6 Å². The maximum atomic E-state index is 12.2. The lowest BCUT2D eigenvalue weighted by molar-refractivity contribution is 0.252. The molecule has 2 aromatic heterocycles. The SMILES string of the molecule is CC(C)c1ccccc1NC(=O)NCc1cnn2ccccc12. The van der Waals surface area contributed by atoms with E-state index in [1.165, 1.54) is 0 Å². The van der Waals surface area contributed by atoms with Gasteiger partial charge in [-0.15, -0.1) is 0 Å². The molecule has 118 valence electrons. The predicted octanol–water partition coefficient (Wildman–Crippen LogP) is 3.78. The molecule has 0 aliphatic rings. The number of fused-ring (bicyclic) bond motifs is 1. The number of carbonyl (C=O) groups excluding carboxylic acids is 1. The molecule has 0 fully saturated rings. The highest BCUT2D eigenvalue weighted by Crippen LogP contribution is 2.23. The molecule has 0 atom stereocenters. The average molecular weight is 308 g/mol. The lowest BCUT2D eigenvalue weighted by Gasteiger charge is -2.14. The number of urea groups is 1. The number of pyridine rings is 1. The molecule has 1 aromatic carbocycles. The molecule has 2 N–H and O–H groups in total. The minimum atomic E-state index is -0.214. The number of nitrogens with one attached hydrogen (secondary N) is 2. The van der Waals surface area contributed by atoms with Crippen LogP contribution >= 0.6 is 0 Å². The van der Waals surface area contributed by atoms with Crippen LogP contribution in [-0.4, -0.2) is 15.6 Å².